The number of amides is 4. The number of hydrogen-bond donors (Lipinski definition) is 1. The molecule has 2 heterocycles. The number of nitrogens with one attached hydrogen (secondary N) is 1. The topological polar surface area (TPSA) is 69.7 Å². The van der Waals surface area contributed by atoms with Crippen molar-refractivity contribution in [2.75, 3.05) is 13.1 Å². The molecule has 4 rings (SSSR count). The number of carbonyl (C=O) groups excluding carboxylic acids is 3. The molecule has 1 saturated carbocycles. The van der Waals surface area contributed by atoms with Gasteiger partial charge in [-0.25, -0.2) is 4.79 Å². The molecule has 3 fully saturated rings. The number of rotatable bonds is 3. The van der Waals surface area contributed by atoms with Gasteiger partial charge in [0.25, 0.3) is 5.91 Å². The van der Waals surface area contributed by atoms with Crippen molar-refractivity contribution in [1.82, 2.24) is 15.1 Å². The van der Waals surface area contributed by atoms with Gasteiger partial charge in [0.1, 0.15) is 12.1 Å². The minimum atomic E-state index is -0.770. The lowest BCUT2D eigenvalue weighted by atomic mass is 9.82. The number of likely N-dealkylation sites (tertiary alicyclic amines) is 1. The molecule has 0 aromatic heterocycles. The largest absolute Gasteiger partial charge is 0.334 e. The summed E-state index contributed by atoms with van der Waals surface area (Å²) in [6, 6.07) is 5.94. The number of carbonyl (C=O) groups is 3. The normalized spacial score (nSPS) is 24.1. The lowest BCUT2D eigenvalue weighted by Gasteiger charge is -2.31. The molecule has 1 spiro atoms. The van der Waals surface area contributed by atoms with Gasteiger partial charge >= 0.3 is 6.03 Å². The molecule has 2 aliphatic heterocycles. The summed E-state index contributed by atoms with van der Waals surface area (Å²) in [6.07, 6.45) is 6.18. The van der Waals surface area contributed by atoms with Gasteiger partial charge in [-0.05, 0) is 56.2 Å². The van der Waals surface area contributed by atoms with Gasteiger partial charge in [-0.15, -0.1) is 0 Å². The summed E-state index contributed by atoms with van der Waals surface area (Å²) in [6.45, 7) is 4.67. The Morgan fingerprint density at radius 2 is 1.86 bits per heavy atom. The van der Waals surface area contributed by atoms with E-state index in [0.29, 0.717) is 19.4 Å². The van der Waals surface area contributed by atoms with Crippen LogP contribution >= 0.6 is 0 Å². The third kappa shape index (κ3) is 3.19. The van der Waals surface area contributed by atoms with E-state index in [9.17, 15) is 14.4 Å². The first-order valence-corrected chi connectivity index (χ1v) is 10.4. The Bertz CT molecular complexity index is 813. The van der Waals surface area contributed by atoms with Crippen molar-refractivity contribution in [3.63, 3.8) is 0 Å². The minimum absolute atomic E-state index is 0.0243. The second-order valence-electron chi connectivity index (χ2n) is 8.55. The van der Waals surface area contributed by atoms with Crippen LogP contribution in [-0.2, 0) is 9.59 Å². The monoisotopic (exact) mass is 383 g/mol. The second kappa shape index (κ2) is 7.22. The molecule has 4 amide bonds. The molecule has 2 saturated heterocycles. The highest BCUT2D eigenvalue weighted by Crippen LogP contribution is 2.35. The fraction of sp³-hybridized carbons (Fsp3) is 0.591. The molecule has 28 heavy (non-hydrogen) atoms. The second-order valence-corrected chi connectivity index (χ2v) is 8.55. The molecule has 1 aromatic carbocycles. The Morgan fingerprint density at radius 3 is 2.57 bits per heavy atom. The molecule has 150 valence electrons. The molecular weight excluding hydrogens is 354 g/mol. The van der Waals surface area contributed by atoms with Gasteiger partial charge in [-0.2, -0.15) is 0 Å². The maximum absolute atomic E-state index is 13.1. The smallest absolute Gasteiger partial charge is 0.325 e. The summed E-state index contributed by atoms with van der Waals surface area (Å²) in [5.74, 6) is -0.357. The molecule has 1 N–H and O–H groups in total. The maximum Gasteiger partial charge on any atom is 0.325 e. The highest BCUT2D eigenvalue weighted by atomic mass is 16.2. The zero-order valence-corrected chi connectivity index (χ0v) is 16.8. The molecule has 6 heteroatoms. The van der Waals surface area contributed by atoms with E-state index in [1.807, 2.05) is 4.90 Å². The van der Waals surface area contributed by atoms with Crippen LogP contribution in [0.5, 0.6) is 0 Å². The van der Waals surface area contributed by atoms with E-state index < -0.39 is 11.6 Å². The zero-order valence-electron chi connectivity index (χ0n) is 16.8. The molecule has 0 unspecified atom stereocenters. The Kier molecular flexibility index (Phi) is 4.89. The lowest BCUT2D eigenvalue weighted by molar-refractivity contribution is -0.140. The van der Waals surface area contributed by atoms with Gasteiger partial charge in [0.2, 0.25) is 5.91 Å². The molecule has 0 radical (unpaired) electrons. The van der Waals surface area contributed by atoms with E-state index in [1.54, 1.807) is 0 Å². The fourth-order valence-electron chi connectivity index (χ4n) is 4.92. The first-order valence-electron chi connectivity index (χ1n) is 10.4. The first-order chi connectivity index (χ1) is 13.4. The maximum atomic E-state index is 13.1. The summed E-state index contributed by atoms with van der Waals surface area (Å²) < 4.78 is 0. The number of nitrogens with zero attached hydrogens (tertiary/aromatic N) is 2. The van der Waals surface area contributed by atoms with Crippen molar-refractivity contribution in [2.45, 2.75) is 70.4 Å². The van der Waals surface area contributed by atoms with Crippen LogP contribution in [0.3, 0.4) is 0 Å². The van der Waals surface area contributed by atoms with Crippen LogP contribution < -0.4 is 5.32 Å². The van der Waals surface area contributed by atoms with E-state index in [-0.39, 0.29) is 24.4 Å². The van der Waals surface area contributed by atoms with E-state index in [1.165, 1.54) is 11.1 Å². The highest BCUT2D eigenvalue weighted by Gasteiger charge is 2.52. The van der Waals surface area contributed by atoms with Crippen molar-refractivity contribution in [2.24, 2.45) is 0 Å². The average Bonchev–Trinajstić information content (AvgIpc) is 3.25. The van der Waals surface area contributed by atoms with E-state index >= 15 is 0 Å². The van der Waals surface area contributed by atoms with Crippen molar-refractivity contribution >= 4 is 17.8 Å². The minimum Gasteiger partial charge on any atom is -0.334 e. The zero-order chi connectivity index (χ0) is 19.9. The van der Waals surface area contributed by atoms with E-state index in [0.717, 1.165) is 42.6 Å². The third-order valence-electron chi connectivity index (χ3n) is 6.74. The molecule has 6 nitrogen and oxygen atoms in total. The average molecular weight is 383 g/mol. The number of imide groups is 1. The summed E-state index contributed by atoms with van der Waals surface area (Å²) in [4.78, 5) is 41.5. The van der Waals surface area contributed by atoms with Gasteiger partial charge in [-0.3, -0.25) is 14.5 Å². The molecule has 1 atom stereocenters. The molecular formula is C22H29N3O3. The highest BCUT2D eigenvalue weighted by molar-refractivity contribution is 6.09. The lowest BCUT2D eigenvalue weighted by Crippen LogP contribution is -2.49. The van der Waals surface area contributed by atoms with Gasteiger partial charge in [0.15, 0.2) is 0 Å². The van der Waals surface area contributed by atoms with E-state index in [2.05, 4.69) is 37.4 Å². The van der Waals surface area contributed by atoms with Crippen molar-refractivity contribution in [1.29, 1.82) is 0 Å². The van der Waals surface area contributed by atoms with Crippen LogP contribution in [0, 0.1) is 13.8 Å². The Balaban J connectivity index is 1.49. The quantitative estimate of drug-likeness (QED) is 0.815. The van der Waals surface area contributed by atoms with Crippen molar-refractivity contribution < 1.29 is 14.4 Å². The van der Waals surface area contributed by atoms with Gasteiger partial charge in [-0.1, -0.05) is 37.5 Å². The summed E-state index contributed by atoms with van der Waals surface area (Å²) in [7, 11) is 0. The van der Waals surface area contributed by atoms with E-state index in [4.69, 9.17) is 0 Å². The molecule has 0 bridgehead atoms. The molecule has 1 aromatic rings. The third-order valence-corrected chi connectivity index (χ3v) is 6.74. The van der Waals surface area contributed by atoms with Gasteiger partial charge in [0, 0.05) is 6.54 Å². The van der Waals surface area contributed by atoms with Crippen molar-refractivity contribution in [3.8, 4) is 0 Å². The predicted octanol–water partition coefficient (Wildman–Crippen LogP) is 3.22. The predicted molar refractivity (Wildman–Crippen MR) is 106 cm³/mol. The number of urea groups is 1. The Morgan fingerprint density at radius 1 is 1.11 bits per heavy atom. The van der Waals surface area contributed by atoms with Crippen LogP contribution in [0.4, 0.5) is 4.79 Å². The standard InChI is InChI=1S/C22H29N3O3/c1-15-8-9-17(13-16(15)2)18-7-6-12-24(18)19(26)14-25-20(27)22(23-21(25)28)10-4-3-5-11-22/h8-9,13,18H,3-7,10-12,14H2,1-2H3,(H,23,28)/t18-/m0/s1. The van der Waals surface area contributed by atoms with Crippen LogP contribution in [0.15, 0.2) is 18.2 Å². The van der Waals surface area contributed by atoms with Crippen molar-refractivity contribution in [3.05, 3.63) is 34.9 Å². The van der Waals surface area contributed by atoms with Crippen LogP contribution in [0.25, 0.3) is 0 Å². The Hall–Kier alpha value is -2.37. The number of aryl methyl sites for hydroxylation is 2. The summed E-state index contributed by atoms with van der Waals surface area (Å²) >= 11 is 0. The number of hydrogen-bond acceptors (Lipinski definition) is 3. The fourth-order valence-corrected chi connectivity index (χ4v) is 4.92. The van der Waals surface area contributed by atoms with Crippen LogP contribution in [-0.4, -0.2) is 46.3 Å². The Labute approximate surface area is 166 Å². The van der Waals surface area contributed by atoms with Crippen LogP contribution in [0.2, 0.25) is 0 Å². The summed E-state index contributed by atoms with van der Waals surface area (Å²) in [5.41, 5.74) is 2.81. The van der Waals surface area contributed by atoms with Crippen LogP contribution in [0.1, 0.15) is 67.7 Å². The number of benzene rings is 1. The molecule has 1 aliphatic carbocycles. The van der Waals surface area contributed by atoms with Gasteiger partial charge < -0.3 is 10.2 Å². The molecule has 3 aliphatic rings. The van der Waals surface area contributed by atoms with Gasteiger partial charge in [0.05, 0.1) is 6.04 Å². The SMILES string of the molecule is Cc1ccc([C@@H]2CCCN2C(=O)CN2C(=O)NC3(CCCCC3)C2=O)cc1C. The summed E-state index contributed by atoms with van der Waals surface area (Å²) in [5, 5.41) is 2.89. The first kappa shape index (κ1) is 19.0.